The molecule has 5 heteroatoms. The minimum atomic E-state index is -0.704. The molecule has 0 aliphatic carbocycles. The van der Waals surface area contributed by atoms with Gasteiger partial charge in [-0.2, -0.15) is 0 Å². The zero-order valence-corrected chi connectivity index (χ0v) is 12.6. The van der Waals surface area contributed by atoms with Crippen LogP contribution < -0.4 is 0 Å². The van der Waals surface area contributed by atoms with Crippen molar-refractivity contribution in [3.63, 3.8) is 0 Å². The van der Waals surface area contributed by atoms with Crippen molar-refractivity contribution in [3.8, 4) is 0 Å². The molecule has 0 saturated carbocycles. The second-order valence-electron chi connectivity index (χ2n) is 5.90. The lowest BCUT2D eigenvalue weighted by atomic mass is 9.89. The topological polar surface area (TPSA) is 49.8 Å². The highest BCUT2D eigenvalue weighted by Gasteiger charge is 2.41. The van der Waals surface area contributed by atoms with E-state index in [1.807, 2.05) is 24.3 Å². The van der Waals surface area contributed by atoms with E-state index in [2.05, 4.69) is 4.90 Å². The maximum Gasteiger partial charge on any atom is 0.308 e. The Kier molecular flexibility index (Phi) is 4.48. The number of carbonyl (C=O) groups is 1. The Morgan fingerprint density at radius 2 is 1.86 bits per heavy atom. The Balaban J connectivity index is 1.78. The third kappa shape index (κ3) is 3.23. The lowest BCUT2D eigenvalue weighted by Crippen LogP contribution is -2.38. The molecule has 2 aliphatic heterocycles. The molecule has 2 fully saturated rings. The van der Waals surface area contributed by atoms with Crippen molar-refractivity contribution < 1.29 is 14.6 Å². The smallest absolute Gasteiger partial charge is 0.308 e. The minimum absolute atomic E-state index is 0.0441. The largest absolute Gasteiger partial charge is 0.481 e. The van der Waals surface area contributed by atoms with Crippen LogP contribution in [-0.2, 0) is 9.53 Å². The molecule has 2 aliphatic rings. The summed E-state index contributed by atoms with van der Waals surface area (Å²) in [5, 5.41) is 10.2. The molecule has 0 bridgehead atoms. The standard InChI is InChI=1S/C16H20ClNO3/c17-12-3-1-11(2-4-12)14-9-18(10-15(14)16(19)20)13-5-7-21-8-6-13/h1-4,13-15H,5-10H2,(H,19,20)/t14-,15+/m1/s1. The molecule has 0 aromatic heterocycles. The number of hydrogen-bond acceptors (Lipinski definition) is 3. The van der Waals surface area contributed by atoms with Gasteiger partial charge < -0.3 is 9.84 Å². The second-order valence-corrected chi connectivity index (χ2v) is 6.34. The van der Waals surface area contributed by atoms with E-state index in [-0.39, 0.29) is 11.8 Å². The Labute approximate surface area is 129 Å². The number of aliphatic carboxylic acids is 1. The first-order valence-electron chi connectivity index (χ1n) is 7.45. The van der Waals surface area contributed by atoms with E-state index in [9.17, 15) is 9.90 Å². The van der Waals surface area contributed by atoms with Crippen LogP contribution in [0.4, 0.5) is 0 Å². The highest BCUT2D eigenvalue weighted by Crippen LogP contribution is 2.35. The summed E-state index contributed by atoms with van der Waals surface area (Å²) in [5.74, 6) is -0.999. The van der Waals surface area contributed by atoms with Crippen LogP contribution in [0.1, 0.15) is 24.3 Å². The molecule has 1 aromatic carbocycles. The molecule has 0 unspecified atom stereocenters. The number of hydrogen-bond donors (Lipinski definition) is 1. The van der Waals surface area contributed by atoms with Crippen LogP contribution in [0.2, 0.25) is 5.02 Å². The van der Waals surface area contributed by atoms with Crippen LogP contribution in [0.15, 0.2) is 24.3 Å². The summed E-state index contributed by atoms with van der Waals surface area (Å²) in [5.41, 5.74) is 1.07. The van der Waals surface area contributed by atoms with Gasteiger partial charge >= 0.3 is 5.97 Å². The number of rotatable bonds is 3. The average molecular weight is 310 g/mol. The SMILES string of the molecule is O=C(O)[C@H]1CN(C2CCOCC2)C[C@@H]1c1ccc(Cl)cc1. The molecule has 21 heavy (non-hydrogen) atoms. The van der Waals surface area contributed by atoms with E-state index >= 15 is 0 Å². The maximum atomic E-state index is 11.6. The number of likely N-dealkylation sites (tertiary alicyclic amines) is 1. The first-order chi connectivity index (χ1) is 10.1. The zero-order chi connectivity index (χ0) is 14.8. The van der Waals surface area contributed by atoms with E-state index in [1.54, 1.807) is 0 Å². The molecule has 0 amide bonds. The van der Waals surface area contributed by atoms with Crippen molar-refractivity contribution in [2.24, 2.45) is 5.92 Å². The van der Waals surface area contributed by atoms with Crippen LogP contribution >= 0.6 is 11.6 Å². The lowest BCUT2D eigenvalue weighted by Gasteiger charge is -2.31. The van der Waals surface area contributed by atoms with Gasteiger partial charge in [-0.3, -0.25) is 9.69 Å². The fraction of sp³-hybridized carbons (Fsp3) is 0.562. The molecule has 1 N–H and O–H groups in total. The lowest BCUT2D eigenvalue weighted by molar-refractivity contribution is -0.141. The Morgan fingerprint density at radius 3 is 2.48 bits per heavy atom. The van der Waals surface area contributed by atoms with Gasteiger partial charge in [-0.1, -0.05) is 23.7 Å². The van der Waals surface area contributed by atoms with Crippen molar-refractivity contribution >= 4 is 17.6 Å². The summed E-state index contributed by atoms with van der Waals surface area (Å²) in [7, 11) is 0. The summed E-state index contributed by atoms with van der Waals surface area (Å²) in [6.45, 7) is 3.01. The number of ether oxygens (including phenoxy) is 1. The molecular formula is C16H20ClNO3. The number of benzene rings is 1. The molecule has 0 spiro atoms. The molecule has 2 atom stereocenters. The fourth-order valence-corrected chi connectivity index (χ4v) is 3.61. The summed E-state index contributed by atoms with van der Waals surface area (Å²) in [6.07, 6.45) is 2.00. The number of carboxylic acid groups (broad SMARTS) is 1. The van der Waals surface area contributed by atoms with Crippen molar-refractivity contribution in [2.45, 2.75) is 24.8 Å². The van der Waals surface area contributed by atoms with Crippen LogP contribution in [-0.4, -0.2) is 48.3 Å². The Bertz CT molecular complexity index is 499. The van der Waals surface area contributed by atoms with E-state index in [0.717, 1.165) is 38.2 Å². The van der Waals surface area contributed by atoms with Crippen LogP contribution in [0.25, 0.3) is 0 Å². The monoisotopic (exact) mass is 309 g/mol. The first-order valence-corrected chi connectivity index (χ1v) is 7.83. The summed E-state index contributed by atoms with van der Waals surface area (Å²) in [4.78, 5) is 13.9. The third-order valence-corrected chi connectivity index (χ3v) is 4.92. The predicted octanol–water partition coefficient (Wildman–Crippen LogP) is 2.62. The van der Waals surface area contributed by atoms with Gasteiger partial charge in [0.15, 0.2) is 0 Å². The Hall–Kier alpha value is -1.10. The molecular weight excluding hydrogens is 290 g/mol. The number of carboxylic acids is 1. The van der Waals surface area contributed by atoms with Gasteiger partial charge in [0, 0.05) is 43.3 Å². The molecule has 2 saturated heterocycles. The van der Waals surface area contributed by atoms with E-state index in [0.29, 0.717) is 17.6 Å². The summed E-state index contributed by atoms with van der Waals surface area (Å²) >= 11 is 5.93. The maximum absolute atomic E-state index is 11.6. The number of halogens is 1. The normalized spacial score (nSPS) is 27.9. The van der Waals surface area contributed by atoms with Gasteiger partial charge in [-0.25, -0.2) is 0 Å². The first kappa shape index (κ1) is 14.8. The van der Waals surface area contributed by atoms with Gasteiger partial charge in [0.1, 0.15) is 0 Å². The third-order valence-electron chi connectivity index (χ3n) is 4.67. The zero-order valence-electron chi connectivity index (χ0n) is 11.9. The highest BCUT2D eigenvalue weighted by molar-refractivity contribution is 6.30. The van der Waals surface area contributed by atoms with E-state index < -0.39 is 5.97 Å². The van der Waals surface area contributed by atoms with Crippen molar-refractivity contribution in [2.75, 3.05) is 26.3 Å². The van der Waals surface area contributed by atoms with Crippen molar-refractivity contribution in [1.82, 2.24) is 4.90 Å². The average Bonchev–Trinajstić information content (AvgIpc) is 2.94. The minimum Gasteiger partial charge on any atom is -0.481 e. The van der Waals surface area contributed by atoms with Crippen LogP contribution in [0.3, 0.4) is 0 Å². The van der Waals surface area contributed by atoms with E-state index in [4.69, 9.17) is 16.3 Å². The molecule has 2 heterocycles. The molecule has 0 radical (unpaired) electrons. The molecule has 4 nitrogen and oxygen atoms in total. The molecule has 1 aromatic rings. The Morgan fingerprint density at radius 1 is 1.19 bits per heavy atom. The molecule has 3 rings (SSSR count). The highest BCUT2D eigenvalue weighted by atomic mass is 35.5. The van der Waals surface area contributed by atoms with Gasteiger partial charge in [0.2, 0.25) is 0 Å². The van der Waals surface area contributed by atoms with Crippen molar-refractivity contribution in [1.29, 1.82) is 0 Å². The predicted molar refractivity (Wildman–Crippen MR) is 80.7 cm³/mol. The van der Waals surface area contributed by atoms with Gasteiger partial charge in [0.25, 0.3) is 0 Å². The van der Waals surface area contributed by atoms with Crippen LogP contribution in [0.5, 0.6) is 0 Å². The van der Waals surface area contributed by atoms with Crippen molar-refractivity contribution in [3.05, 3.63) is 34.9 Å². The summed E-state index contributed by atoms with van der Waals surface area (Å²) in [6, 6.07) is 8.05. The second kappa shape index (κ2) is 6.34. The number of nitrogens with zero attached hydrogens (tertiary/aromatic N) is 1. The van der Waals surface area contributed by atoms with Gasteiger partial charge in [-0.15, -0.1) is 0 Å². The van der Waals surface area contributed by atoms with Gasteiger partial charge in [-0.05, 0) is 30.5 Å². The quantitative estimate of drug-likeness (QED) is 0.932. The summed E-state index contributed by atoms with van der Waals surface area (Å²) < 4.78 is 5.40. The fourth-order valence-electron chi connectivity index (χ4n) is 3.48. The van der Waals surface area contributed by atoms with Crippen LogP contribution in [0, 0.1) is 5.92 Å². The molecule has 114 valence electrons. The van der Waals surface area contributed by atoms with E-state index in [1.165, 1.54) is 0 Å². The van der Waals surface area contributed by atoms with Gasteiger partial charge in [0.05, 0.1) is 5.92 Å².